The quantitative estimate of drug-likeness (QED) is 0.807. The lowest BCUT2D eigenvalue weighted by atomic mass is 10.2. The Labute approximate surface area is 88.2 Å². The molecule has 0 aliphatic carbocycles. The van der Waals surface area contributed by atoms with Crippen LogP contribution in [0.1, 0.15) is 11.3 Å². The molecule has 1 rings (SSSR count). The van der Waals surface area contributed by atoms with E-state index in [0.717, 1.165) is 12.1 Å². The minimum Gasteiger partial charge on any atom is -0.445 e. The van der Waals surface area contributed by atoms with Gasteiger partial charge >= 0.3 is 12.3 Å². The van der Waals surface area contributed by atoms with Crippen LogP contribution in [0.2, 0.25) is 0 Å². The Morgan fingerprint density at radius 3 is 2.56 bits per heavy atom. The van der Waals surface area contributed by atoms with Gasteiger partial charge in [0.15, 0.2) is 0 Å². The second-order valence-electron chi connectivity index (χ2n) is 2.89. The maximum absolute atomic E-state index is 12.3. The summed E-state index contributed by atoms with van der Waals surface area (Å²) in [7, 11) is 0. The van der Waals surface area contributed by atoms with E-state index in [2.05, 4.69) is 15.5 Å². The molecule has 5 nitrogen and oxygen atoms in total. The number of rotatable bonds is 2. The molecule has 8 heteroatoms. The molecule has 0 unspecified atom stereocenters. The molecular weight excluding hydrogens is 227 g/mol. The van der Waals surface area contributed by atoms with Crippen LogP contribution in [0.5, 0.6) is 0 Å². The zero-order chi connectivity index (χ0) is 12.3. The topological polar surface area (TPSA) is 91.2 Å². The molecular formula is C8H8F3N3O2. The van der Waals surface area contributed by atoms with Gasteiger partial charge in [0.05, 0.1) is 0 Å². The maximum atomic E-state index is 12.3. The Balaban J connectivity index is 2.94. The molecule has 16 heavy (non-hydrogen) atoms. The first-order valence-electron chi connectivity index (χ1n) is 4.05. The van der Waals surface area contributed by atoms with Crippen molar-refractivity contribution in [3.8, 4) is 0 Å². The van der Waals surface area contributed by atoms with Gasteiger partial charge in [0.25, 0.3) is 0 Å². The van der Waals surface area contributed by atoms with E-state index in [0.29, 0.717) is 0 Å². The SMILES string of the molecule is NC(=O)OCc1cc(N)nc(C(F)(F)F)c1. The molecule has 88 valence electrons. The number of nitrogens with zero attached hydrogens (tertiary/aromatic N) is 1. The first kappa shape index (κ1) is 12.1. The molecule has 0 bridgehead atoms. The van der Waals surface area contributed by atoms with Gasteiger partial charge in [0.1, 0.15) is 18.1 Å². The highest BCUT2D eigenvalue weighted by atomic mass is 19.4. The molecule has 1 amide bonds. The molecule has 0 aliphatic rings. The number of nitrogen functional groups attached to an aromatic ring is 1. The minimum absolute atomic E-state index is 0.0682. The average molecular weight is 235 g/mol. The van der Waals surface area contributed by atoms with E-state index in [1.807, 2.05) is 0 Å². The van der Waals surface area contributed by atoms with Gasteiger partial charge in [-0.15, -0.1) is 0 Å². The number of carbonyl (C=O) groups excluding carboxylic acids is 1. The molecule has 0 radical (unpaired) electrons. The highest BCUT2D eigenvalue weighted by Gasteiger charge is 2.33. The van der Waals surface area contributed by atoms with Crippen molar-refractivity contribution in [2.24, 2.45) is 5.73 Å². The van der Waals surface area contributed by atoms with Gasteiger partial charge in [-0.2, -0.15) is 13.2 Å². The second kappa shape index (κ2) is 4.25. The van der Waals surface area contributed by atoms with Crippen LogP contribution in [-0.2, 0) is 17.5 Å². The van der Waals surface area contributed by atoms with Crippen molar-refractivity contribution < 1.29 is 22.7 Å². The fourth-order valence-corrected chi connectivity index (χ4v) is 0.994. The van der Waals surface area contributed by atoms with E-state index in [1.54, 1.807) is 0 Å². The molecule has 0 saturated heterocycles. The number of primary amides is 1. The van der Waals surface area contributed by atoms with Crippen LogP contribution in [0.15, 0.2) is 12.1 Å². The fourth-order valence-electron chi connectivity index (χ4n) is 0.994. The van der Waals surface area contributed by atoms with Crippen molar-refractivity contribution in [3.05, 3.63) is 23.4 Å². The van der Waals surface area contributed by atoms with Crippen molar-refractivity contribution in [1.82, 2.24) is 4.98 Å². The molecule has 0 spiro atoms. The van der Waals surface area contributed by atoms with Crippen LogP contribution in [0.4, 0.5) is 23.8 Å². The zero-order valence-corrected chi connectivity index (χ0v) is 7.91. The molecule has 0 aliphatic heterocycles. The van der Waals surface area contributed by atoms with E-state index in [-0.39, 0.29) is 18.0 Å². The first-order chi connectivity index (χ1) is 7.29. The van der Waals surface area contributed by atoms with E-state index in [1.165, 1.54) is 0 Å². The van der Waals surface area contributed by atoms with Crippen molar-refractivity contribution in [3.63, 3.8) is 0 Å². The highest BCUT2D eigenvalue weighted by molar-refractivity contribution is 5.64. The number of anilines is 1. The summed E-state index contributed by atoms with van der Waals surface area (Å²) >= 11 is 0. The van der Waals surface area contributed by atoms with Gasteiger partial charge in [-0.1, -0.05) is 0 Å². The normalized spacial score (nSPS) is 11.2. The molecule has 4 N–H and O–H groups in total. The molecule has 1 aromatic rings. The lowest BCUT2D eigenvalue weighted by Crippen LogP contribution is -2.14. The van der Waals surface area contributed by atoms with E-state index in [9.17, 15) is 18.0 Å². The number of halogens is 3. The number of aromatic nitrogens is 1. The van der Waals surface area contributed by atoms with Crippen LogP contribution >= 0.6 is 0 Å². The van der Waals surface area contributed by atoms with Crippen molar-refractivity contribution in [2.75, 3.05) is 5.73 Å². The molecule has 1 aromatic heterocycles. The fraction of sp³-hybridized carbons (Fsp3) is 0.250. The molecule has 0 saturated carbocycles. The summed E-state index contributed by atoms with van der Waals surface area (Å²) in [5, 5.41) is 0. The van der Waals surface area contributed by atoms with Crippen LogP contribution in [-0.4, -0.2) is 11.1 Å². The summed E-state index contributed by atoms with van der Waals surface area (Å²) in [4.78, 5) is 13.4. The third kappa shape index (κ3) is 3.30. The van der Waals surface area contributed by atoms with Gasteiger partial charge in [0.2, 0.25) is 0 Å². The van der Waals surface area contributed by atoms with Gasteiger partial charge in [-0.05, 0) is 17.7 Å². The highest BCUT2D eigenvalue weighted by Crippen LogP contribution is 2.29. The average Bonchev–Trinajstić information content (AvgIpc) is 2.12. The minimum atomic E-state index is -4.60. The summed E-state index contributed by atoms with van der Waals surface area (Å²) in [6.07, 6.45) is -5.68. The lowest BCUT2D eigenvalue weighted by Gasteiger charge is -2.09. The Kier molecular flexibility index (Phi) is 3.21. The zero-order valence-electron chi connectivity index (χ0n) is 7.91. The number of hydrogen-bond acceptors (Lipinski definition) is 4. The number of pyridine rings is 1. The van der Waals surface area contributed by atoms with E-state index < -0.39 is 18.0 Å². The van der Waals surface area contributed by atoms with Crippen molar-refractivity contribution >= 4 is 11.9 Å². The molecule has 0 fully saturated rings. The van der Waals surface area contributed by atoms with Crippen LogP contribution in [0, 0.1) is 0 Å². The number of nitrogens with two attached hydrogens (primary N) is 2. The van der Waals surface area contributed by atoms with E-state index >= 15 is 0 Å². The number of ether oxygens (including phenoxy) is 1. The van der Waals surface area contributed by atoms with Gasteiger partial charge in [-0.3, -0.25) is 0 Å². The molecule has 0 aromatic carbocycles. The van der Waals surface area contributed by atoms with Crippen LogP contribution in [0.25, 0.3) is 0 Å². The van der Waals surface area contributed by atoms with Gasteiger partial charge < -0.3 is 16.2 Å². The van der Waals surface area contributed by atoms with E-state index in [4.69, 9.17) is 5.73 Å². The second-order valence-corrected chi connectivity index (χ2v) is 2.89. The van der Waals surface area contributed by atoms with Crippen molar-refractivity contribution in [1.29, 1.82) is 0 Å². The standard InChI is InChI=1S/C8H8F3N3O2/c9-8(10,11)5-1-4(2-6(12)14-5)3-16-7(13)15/h1-2H,3H2,(H2,12,14)(H2,13,15). The Hall–Kier alpha value is -1.99. The van der Waals surface area contributed by atoms with Gasteiger partial charge in [-0.25, -0.2) is 9.78 Å². The summed E-state index contributed by atoms with van der Waals surface area (Å²) in [6, 6.07) is 1.90. The number of carbonyl (C=O) groups is 1. The Bertz CT molecular complexity index is 406. The lowest BCUT2D eigenvalue weighted by molar-refractivity contribution is -0.141. The maximum Gasteiger partial charge on any atom is 0.433 e. The third-order valence-electron chi connectivity index (χ3n) is 1.58. The predicted octanol–water partition coefficient (Wildman–Crippen LogP) is 1.28. The largest absolute Gasteiger partial charge is 0.445 e. The summed E-state index contributed by atoms with van der Waals surface area (Å²) in [6.45, 7) is -0.384. The Morgan fingerprint density at radius 2 is 2.06 bits per heavy atom. The predicted molar refractivity (Wildman–Crippen MR) is 48.0 cm³/mol. The molecule has 0 atom stereocenters. The third-order valence-corrected chi connectivity index (χ3v) is 1.58. The monoisotopic (exact) mass is 235 g/mol. The first-order valence-corrected chi connectivity index (χ1v) is 4.05. The Morgan fingerprint density at radius 1 is 1.44 bits per heavy atom. The van der Waals surface area contributed by atoms with Crippen LogP contribution in [0.3, 0.4) is 0 Å². The number of amides is 1. The van der Waals surface area contributed by atoms with Gasteiger partial charge in [0, 0.05) is 0 Å². The number of alkyl halides is 3. The summed E-state index contributed by atoms with van der Waals surface area (Å²) < 4.78 is 41.2. The van der Waals surface area contributed by atoms with Crippen LogP contribution < -0.4 is 11.5 Å². The number of hydrogen-bond donors (Lipinski definition) is 2. The summed E-state index contributed by atoms with van der Waals surface area (Å²) in [5.74, 6) is -0.308. The van der Waals surface area contributed by atoms with Crippen molar-refractivity contribution in [2.45, 2.75) is 12.8 Å². The smallest absolute Gasteiger partial charge is 0.433 e. The summed E-state index contributed by atoms with van der Waals surface area (Å²) in [5.41, 5.74) is 8.78. The molecule has 1 heterocycles.